The van der Waals surface area contributed by atoms with E-state index >= 15 is 0 Å². The number of anilines is 2. The highest BCUT2D eigenvalue weighted by molar-refractivity contribution is 7.09. The summed E-state index contributed by atoms with van der Waals surface area (Å²) in [5.74, 6) is 1.24. The zero-order valence-corrected chi connectivity index (χ0v) is 10.4. The van der Waals surface area contributed by atoms with Crippen LogP contribution in [0.5, 0.6) is 5.88 Å². The Morgan fingerprint density at radius 3 is 2.94 bits per heavy atom. The average Bonchev–Trinajstić information content (AvgIpc) is 2.81. The maximum absolute atomic E-state index is 5.57. The van der Waals surface area contributed by atoms with E-state index in [1.54, 1.807) is 23.6 Å². The highest BCUT2D eigenvalue weighted by Crippen LogP contribution is 2.21. The minimum atomic E-state index is 0.0639. The van der Waals surface area contributed by atoms with Crippen molar-refractivity contribution in [3.8, 4) is 5.88 Å². The van der Waals surface area contributed by atoms with Gasteiger partial charge in [0.1, 0.15) is 10.8 Å². The van der Waals surface area contributed by atoms with Gasteiger partial charge in [0.05, 0.1) is 13.2 Å². The molecule has 3 N–H and O–H groups in total. The van der Waals surface area contributed by atoms with Gasteiger partial charge in [-0.05, 0) is 6.92 Å². The van der Waals surface area contributed by atoms with Gasteiger partial charge in [0.2, 0.25) is 11.8 Å². The van der Waals surface area contributed by atoms with Crippen LogP contribution in [0.25, 0.3) is 0 Å². The molecule has 0 amide bonds. The first-order valence-corrected chi connectivity index (χ1v) is 5.91. The predicted molar refractivity (Wildman–Crippen MR) is 67.1 cm³/mol. The van der Waals surface area contributed by atoms with Gasteiger partial charge in [-0.3, -0.25) is 0 Å². The second-order valence-electron chi connectivity index (χ2n) is 3.39. The average molecular weight is 251 g/mol. The molecule has 2 heterocycles. The molecule has 0 saturated heterocycles. The summed E-state index contributed by atoms with van der Waals surface area (Å²) in [4.78, 5) is 12.2. The fraction of sp³-hybridized carbons (Fsp3) is 0.300. The van der Waals surface area contributed by atoms with E-state index in [1.165, 1.54) is 7.11 Å². The van der Waals surface area contributed by atoms with E-state index < -0.39 is 0 Å². The molecule has 90 valence electrons. The van der Waals surface area contributed by atoms with Crippen LogP contribution in [-0.4, -0.2) is 22.1 Å². The van der Waals surface area contributed by atoms with Crippen molar-refractivity contribution in [1.29, 1.82) is 0 Å². The third kappa shape index (κ3) is 2.82. The lowest BCUT2D eigenvalue weighted by atomic mass is 10.3. The standard InChI is InChI=1S/C10H13N5OS/c1-6(9-12-3-4-17-9)13-7-5-8(16-2)15-10(11)14-7/h3-6H,1-2H3,(H3,11,13,14,15). The summed E-state index contributed by atoms with van der Waals surface area (Å²) >= 11 is 1.58. The molecule has 0 saturated carbocycles. The minimum Gasteiger partial charge on any atom is -0.481 e. The number of aromatic nitrogens is 3. The van der Waals surface area contributed by atoms with Crippen molar-refractivity contribution in [2.75, 3.05) is 18.2 Å². The van der Waals surface area contributed by atoms with E-state index in [9.17, 15) is 0 Å². The molecule has 2 rings (SSSR count). The van der Waals surface area contributed by atoms with Crippen molar-refractivity contribution in [3.63, 3.8) is 0 Å². The van der Waals surface area contributed by atoms with E-state index in [1.807, 2.05) is 12.3 Å². The number of hydrogen-bond acceptors (Lipinski definition) is 7. The number of nitrogens with one attached hydrogen (secondary N) is 1. The van der Waals surface area contributed by atoms with E-state index in [-0.39, 0.29) is 12.0 Å². The Balaban J connectivity index is 2.15. The van der Waals surface area contributed by atoms with E-state index in [0.717, 1.165) is 5.01 Å². The molecule has 7 heteroatoms. The molecule has 1 unspecified atom stereocenters. The number of rotatable bonds is 4. The molecule has 0 bridgehead atoms. The van der Waals surface area contributed by atoms with Gasteiger partial charge < -0.3 is 15.8 Å². The number of nitrogen functional groups attached to an aromatic ring is 1. The zero-order chi connectivity index (χ0) is 12.3. The Labute approximate surface area is 103 Å². The number of hydrogen-bond donors (Lipinski definition) is 2. The van der Waals surface area contributed by atoms with Crippen molar-refractivity contribution in [2.45, 2.75) is 13.0 Å². The van der Waals surface area contributed by atoms with Crippen molar-refractivity contribution in [2.24, 2.45) is 0 Å². The molecule has 0 aliphatic rings. The van der Waals surface area contributed by atoms with Gasteiger partial charge in [-0.1, -0.05) is 0 Å². The van der Waals surface area contributed by atoms with Crippen LogP contribution in [-0.2, 0) is 0 Å². The van der Waals surface area contributed by atoms with Crippen LogP contribution in [0, 0.1) is 0 Å². The maximum atomic E-state index is 5.57. The van der Waals surface area contributed by atoms with E-state index in [0.29, 0.717) is 11.7 Å². The van der Waals surface area contributed by atoms with Crippen molar-refractivity contribution >= 4 is 23.1 Å². The molecule has 0 spiro atoms. The van der Waals surface area contributed by atoms with Gasteiger partial charge in [0, 0.05) is 17.6 Å². The zero-order valence-electron chi connectivity index (χ0n) is 9.54. The van der Waals surface area contributed by atoms with Gasteiger partial charge in [-0.2, -0.15) is 9.97 Å². The lowest BCUT2D eigenvalue weighted by Gasteiger charge is -2.12. The third-order valence-corrected chi connectivity index (χ3v) is 3.07. The summed E-state index contributed by atoms with van der Waals surface area (Å²) < 4.78 is 5.02. The third-order valence-electron chi connectivity index (χ3n) is 2.12. The molecular weight excluding hydrogens is 238 g/mol. The lowest BCUT2D eigenvalue weighted by Crippen LogP contribution is -2.09. The molecule has 2 aromatic heterocycles. The Morgan fingerprint density at radius 2 is 2.29 bits per heavy atom. The topological polar surface area (TPSA) is 86.0 Å². The maximum Gasteiger partial charge on any atom is 0.225 e. The summed E-state index contributed by atoms with van der Waals surface area (Å²) in [6.07, 6.45) is 1.77. The molecule has 0 aromatic carbocycles. The first-order chi connectivity index (χ1) is 8.19. The van der Waals surface area contributed by atoms with Crippen molar-refractivity contribution in [3.05, 3.63) is 22.7 Å². The number of methoxy groups -OCH3 is 1. The summed E-state index contributed by atoms with van der Waals surface area (Å²) in [6, 6.07) is 1.76. The van der Waals surface area contributed by atoms with Crippen molar-refractivity contribution < 1.29 is 4.74 Å². The number of ether oxygens (including phenoxy) is 1. The molecule has 6 nitrogen and oxygen atoms in total. The van der Waals surface area contributed by atoms with Crippen LogP contribution in [0.1, 0.15) is 18.0 Å². The number of thiazole rings is 1. The second kappa shape index (κ2) is 4.96. The molecule has 0 fully saturated rings. The molecule has 1 atom stereocenters. The molecule has 17 heavy (non-hydrogen) atoms. The van der Waals surface area contributed by atoms with Crippen LogP contribution in [0.15, 0.2) is 17.6 Å². The van der Waals surface area contributed by atoms with Gasteiger partial charge in [-0.15, -0.1) is 11.3 Å². The predicted octanol–water partition coefficient (Wildman–Crippen LogP) is 1.70. The quantitative estimate of drug-likeness (QED) is 0.860. The molecule has 0 aliphatic heterocycles. The van der Waals surface area contributed by atoms with Crippen LogP contribution in [0.3, 0.4) is 0 Å². The Bertz CT molecular complexity index is 487. The van der Waals surface area contributed by atoms with Gasteiger partial charge in [0.25, 0.3) is 0 Å². The van der Waals surface area contributed by atoms with Crippen LogP contribution in [0.2, 0.25) is 0 Å². The normalized spacial score (nSPS) is 12.1. The highest BCUT2D eigenvalue weighted by Gasteiger charge is 2.10. The summed E-state index contributed by atoms with van der Waals surface area (Å²) in [7, 11) is 1.54. The fourth-order valence-corrected chi connectivity index (χ4v) is 2.00. The van der Waals surface area contributed by atoms with Crippen molar-refractivity contribution in [1.82, 2.24) is 15.0 Å². The Hall–Kier alpha value is -1.89. The minimum absolute atomic E-state index is 0.0639. The number of nitrogens with zero attached hydrogens (tertiary/aromatic N) is 3. The Morgan fingerprint density at radius 1 is 1.47 bits per heavy atom. The SMILES string of the molecule is COc1cc(NC(C)c2nccs2)nc(N)n1. The fourth-order valence-electron chi connectivity index (χ4n) is 1.35. The largest absolute Gasteiger partial charge is 0.481 e. The second-order valence-corrected chi connectivity index (χ2v) is 4.32. The van der Waals surface area contributed by atoms with E-state index in [4.69, 9.17) is 10.5 Å². The van der Waals surface area contributed by atoms with E-state index in [2.05, 4.69) is 20.3 Å². The number of nitrogens with two attached hydrogens (primary N) is 1. The first-order valence-electron chi connectivity index (χ1n) is 5.03. The first kappa shape index (κ1) is 11.6. The van der Waals surface area contributed by atoms with Gasteiger partial charge in [0.15, 0.2) is 0 Å². The summed E-state index contributed by atoms with van der Waals surface area (Å²) in [5, 5.41) is 6.12. The highest BCUT2D eigenvalue weighted by atomic mass is 32.1. The van der Waals surface area contributed by atoms with Gasteiger partial charge >= 0.3 is 0 Å². The molecule has 2 aromatic rings. The molecule has 0 aliphatic carbocycles. The summed E-state index contributed by atoms with van der Waals surface area (Å²) in [5.41, 5.74) is 5.57. The van der Waals surface area contributed by atoms with Crippen LogP contribution < -0.4 is 15.8 Å². The monoisotopic (exact) mass is 251 g/mol. The molecule has 0 radical (unpaired) electrons. The Kier molecular flexibility index (Phi) is 3.38. The van der Waals surface area contributed by atoms with Gasteiger partial charge in [-0.25, -0.2) is 4.98 Å². The summed E-state index contributed by atoms with van der Waals surface area (Å²) in [6.45, 7) is 2.00. The smallest absolute Gasteiger partial charge is 0.225 e. The van der Waals surface area contributed by atoms with Crippen LogP contribution in [0.4, 0.5) is 11.8 Å². The van der Waals surface area contributed by atoms with Crippen LogP contribution >= 0.6 is 11.3 Å². The lowest BCUT2D eigenvalue weighted by molar-refractivity contribution is 0.398. The molecular formula is C10H13N5OS.